The van der Waals surface area contributed by atoms with Crippen molar-refractivity contribution in [2.45, 2.75) is 26.1 Å². The van der Waals surface area contributed by atoms with Crippen LogP contribution in [-0.2, 0) is 17.1 Å². The standard InChI is InChI=1S/C22H23ClN2O3S/c1-3-27-18-10-8-16(9-11-18)22-25-20(15(2)28-22)13-29-14-21(26)24-12-17-6-4-5-7-19(17)23/h4-11H,3,12-14H2,1-2H3,(H,24,26). The van der Waals surface area contributed by atoms with Crippen LogP contribution in [0.4, 0.5) is 0 Å². The maximum absolute atomic E-state index is 12.1. The number of carbonyl (C=O) groups excluding carboxylic acids is 1. The molecule has 0 unspecified atom stereocenters. The Morgan fingerprint density at radius 1 is 1.21 bits per heavy atom. The number of aromatic nitrogens is 1. The van der Waals surface area contributed by atoms with Gasteiger partial charge in [0.1, 0.15) is 11.5 Å². The number of aryl methyl sites for hydroxylation is 1. The molecule has 1 N–H and O–H groups in total. The number of amides is 1. The molecule has 0 spiro atoms. The Morgan fingerprint density at radius 2 is 1.97 bits per heavy atom. The van der Waals surface area contributed by atoms with Crippen LogP contribution in [-0.4, -0.2) is 23.3 Å². The lowest BCUT2D eigenvalue weighted by Gasteiger charge is -2.06. The normalized spacial score (nSPS) is 10.7. The second kappa shape index (κ2) is 10.4. The summed E-state index contributed by atoms with van der Waals surface area (Å²) in [7, 11) is 0. The first-order valence-corrected chi connectivity index (χ1v) is 10.9. The van der Waals surface area contributed by atoms with E-state index in [-0.39, 0.29) is 5.91 Å². The maximum atomic E-state index is 12.1. The molecule has 0 aliphatic heterocycles. The molecule has 0 radical (unpaired) electrons. The number of oxazole rings is 1. The van der Waals surface area contributed by atoms with Crippen molar-refractivity contribution >= 4 is 29.3 Å². The minimum Gasteiger partial charge on any atom is -0.494 e. The third-order valence-electron chi connectivity index (χ3n) is 4.21. The van der Waals surface area contributed by atoms with Gasteiger partial charge in [0.15, 0.2) is 0 Å². The molecule has 7 heteroatoms. The van der Waals surface area contributed by atoms with Crippen molar-refractivity contribution < 1.29 is 13.9 Å². The van der Waals surface area contributed by atoms with Crippen molar-refractivity contribution in [3.8, 4) is 17.2 Å². The fraction of sp³-hybridized carbons (Fsp3) is 0.273. The third-order valence-corrected chi connectivity index (χ3v) is 5.52. The van der Waals surface area contributed by atoms with Gasteiger partial charge in [0.25, 0.3) is 0 Å². The van der Waals surface area contributed by atoms with Crippen LogP contribution in [0.3, 0.4) is 0 Å². The highest BCUT2D eigenvalue weighted by molar-refractivity contribution is 7.99. The summed E-state index contributed by atoms with van der Waals surface area (Å²) in [6.45, 7) is 4.89. The van der Waals surface area contributed by atoms with Crippen molar-refractivity contribution in [1.29, 1.82) is 0 Å². The van der Waals surface area contributed by atoms with Crippen molar-refractivity contribution in [3.05, 3.63) is 70.6 Å². The Morgan fingerprint density at radius 3 is 2.69 bits per heavy atom. The number of benzene rings is 2. The van der Waals surface area contributed by atoms with E-state index in [4.69, 9.17) is 20.8 Å². The minimum atomic E-state index is -0.0391. The molecule has 0 saturated carbocycles. The van der Waals surface area contributed by atoms with Crippen molar-refractivity contribution in [2.24, 2.45) is 0 Å². The average molecular weight is 431 g/mol. The highest BCUT2D eigenvalue weighted by atomic mass is 35.5. The van der Waals surface area contributed by atoms with E-state index >= 15 is 0 Å². The quantitative estimate of drug-likeness (QED) is 0.502. The largest absolute Gasteiger partial charge is 0.494 e. The Kier molecular flexibility index (Phi) is 7.61. The van der Waals surface area contributed by atoms with Gasteiger partial charge in [-0.25, -0.2) is 4.98 Å². The molecule has 5 nitrogen and oxygen atoms in total. The number of hydrogen-bond acceptors (Lipinski definition) is 5. The van der Waals surface area contributed by atoms with E-state index in [0.717, 1.165) is 28.3 Å². The summed E-state index contributed by atoms with van der Waals surface area (Å²) in [6, 6.07) is 15.1. The Labute approximate surface area is 179 Å². The molecule has 29 heavy (non-hydrogen) atoms. The molecule has 0 bridgehead atoms. The van der Waals surface area contributed by atoms with Gasteiger partial charge in [-0.3, -0.25) is 4.79 Å². The second-order valence-electron chi connectivity index (χ2n) is 6.34. The van der Waals surface area contributed by atoms with Crippen LogP contribution in [0.1, 0.15) is 23.9 Å². The number of ether oxygens (including phenoxy) is 1. The number of rotatable bonds is 9. The molecule has 0 aliphatic carbocycles. The molecule has 0 fully saturated rings. The van der Waals surface area contributed by atoms with Crippen molar-refractivity contribution in [3.63, 3.8) is 0 Å². The predicted octanol–water partition coefficient (Wildman–Crippen LogP) is 5.25. The van der Waals surface area contributed by atoms with Gasteiger partial charge in [0.05, 0.1) is 18.1 Å². The van der Waals surface area contributed by atoms with Gasteiger partial charge in [0, 0.05) is 22.9 Å². The summed E-state index contributed by atoms with van der Waals surface area (Å²) in [5.41, 5.74) is 2.64. The summed E-state index contributed by atoms with van der Waals surface area (Å²) >= 11 is 7.60. The lowest BCUT2D eigenvalue weighted by Crippen LogP contribution is -2.24. The highest BCUT2D eigenvalue weighted by Crippen LogP contribution is 2.26. The number of thioether (sulfide) groups is 1. The summed E-state index contributed by atoms with van der Waals surface area (Å²) < 4.78 is 11.3. The monoisotopic (exact) mass is 430 g/mol. The maximum Gasteiger partial charge on any atom is 0.230 e. The number of nitrogens with zero attached hydrogens (tertiary/aromatic N) is 1. The van der Waals surface area contributed by atoms with E-state index in [1.54, 1.807) is 0 Å². The first kappa shape index (κ1) is 21.3. The first-order valence-electron chi connectivity index (χ1n) is 9.34. The van der Waals surface area contributed by atoms with Crippen LogP contribution in [0.15, 0.2) is 52.9 Å². The van der Waals surface area contributed by atoms with E-state index in [2.05, 4.69) is 10.3 Å². The van der Waals surface area contributed by atoms with Gasteiger partial charge in [-0.15, -0.1) is 11.8 Å². The lowest BCUT2D eigenvalue weighted by molar-refractivity contribution is -0.118. The molecule has 2 aromatic carbocycles. The number of hydrogen-bond donors (Lipinski definition) is 1. The lowest BCUT2D eigenvalue weighted by atomic mass is 10.2. The van der Waals surface area contributed by atoms with Gasteiger partial charge < -0.3 is 14.5 Å². The zero-order valence-electron chi connectivity index (χ0n) is 16.4. The Hall–Kier alpha value is -2.44. The predicted molar refractivity (Wildman–Crippen MR) is 117 cm³/mol. The van der Waals surface area contributed by atoms with Crippen LogP contribution in [0.5, 0.6) is 5.75 Å². The fourth-order valence-corrected chi connectivity index (χ4v) is 3.73. The SMILES string of the molecule is CCOc1ccc(-c2nc(CSCC(=O)NCc3ccccc3Cl)c(C)o2)cc1. The van der Waals surface area contributed by atoms with Gasteiger partial charge in [-0.05, 0) is 49.7 Å². The molecular formula is C22H23ClN2O3S. The topological polar surface area (TPSA) is 64.4 Å². The molecule has 1 aromatic heterocycles. The molecular weight excluding hydrogens is 408 g/mol. The molecule has 0 saturated heterocycles. The van der Waals surface area contributed by atoms with Crippen molar-refractivity contribution in [1.82, 2.24) is 10.3 Å². The van der Waals surface area contributed by atoms with Crippen LogP contribution < -0.4 is 10.1 Å². The molecule has 3 rings (SSSR count). The number of halogens is 1. The zero-order valence-corrected chi connectivity index (χ0v) is 18.0. The molecule has 0 atom stereocenters. The Bertz CT molecular complexity index is 957. The van der Waals surface area contributed by atoms with Crippen LogP contribution in [0.2, 0.25) is 5.02 Å². The van der Waals surface area contributed by atoms with E-state index < -0.39 is 0 Å². The van der Waals surface area contributed by atoms with Gasteiger partial charge in [-0.1, -0.05) is 29.8 Å². The van der Waals surface area contributed by atoms with E-state index in [0.29, 0.717) is 35.6 Å². The van der Waals surface area contributed by atoms with Gasteiger partial charge >= 0.3 is 0 Å². The van der Waals surface area contributed by atoms with Gasteiger partial charge in [0.2, 0.25) is 11.8 Å². The third kappa shape index (κ3) is 6.02. The average Bonchev–Trinajstić information content (AvgIpc) is 3.09. The minimum absolute atomic E-state index is 0.0391. The van der Waals surface area contributed by atoms with E-state index in [1.165, 1.54) is 11.8 Å². The summed E-state index contributed by atoms with van der Waals surface area (Å²) in [6.07, 6.45) is 0. The fourth-order valence-electron chi connectivity index (χ4n) is 2.67. The van der Waals surface area contributed by atoms with Crippen molar-refractivity contribution in [2.75, 3.05) is 12.4 Å². The molecule has 1 amide bonds. The van der Waals surface area contributed by atoms with Crippen LogP contribution >= 0.6 is 23.4 Å². The van der Waals surface area contributed by atoms with Crippen LogP contribution in [0.25, 0.3) is 11.5 Å². The summed E-state index contributed by atoms with van der Waals surface area (Å²) in [4.78, 5) is 16.7. The highest BCUT2D eigenvalue weighted by Gasteiger charge is 2.12. The summed E-state index contributed by atoms with van der Waals surface area (Å²) in [5, 5.41) is 3.54. The number of nitrogens with one attached hydrogen (secondary N) is 1. The van der Waals surface area contributed by atoms with E-state index in [1.807, 2.05) is 62.4 Å². The Balaban J connectivity index is 1.49. The second-order valence-corrected chi connectivity index (χ2v) is 7.73. The summed E-state index contributed by atoms with van der Waals surface area (Å²) in [5.74, 6) is 3.06. The zero-order chi connectivity index (χ0) is 20.6. The molecule has 152 valence electrons. The van der Waals surface area contributed by atoms with Crippen LogP contribution in [0, 0.1) is 6.92 Å². The van der Waals surface area contributed by atoms with E-state index in [9.17, 15) is 4.79 Å². The van der Waals surface area contributed by atoms with Gasteiger partial charge in [-0.2, -0.15) is 0 Å². The molecule has 1 heterocycles. The molecule has 3 aromatic rings. The first-order chi connectivity index (χ1) is 14.1. The number of carbonyl (C=O) groups is 1. The molecule has 0 aliphatic rings. The smallest absolute Gasteiger partial charge is 0.230 e.